The van der Waals surface area contributed by atoms with Crippen molar-refractivity contribution in [3.63, 3.8) is 0 Å². The number of rotatable bonds is 2. The van der Waals surface area contributed by atoms with Crippen molar-refractivity contribution in [2.45, 2.75) is 0 Å². The Morgan fingerprint density at radius 2 is 2.04 bits per heavy atom. The number of hydrogen-bond acceptors (Lipinski definition) is 2. The third-order valence-electron chi connectivity index (χ3n) is 4.56. The van der Waals surface area contributed by atoms with Crippen LogP contribution in [0.15, 0.2) is 72.1 Å². The minimum atomic E-state index is -0.100. The number of H-pyrrole nitrogens is 1. The number of carbonyl (C=O) groups is 1. The van der Waals surface area contributed by atoms with Crippen LogP contribution in [0.4, 0.5) is 0 Å². The topological polar surface area (TPSA) is 54.1 Å². The van der Waals surface area contributed by atoms with Gasteiger partial charge in [-0.25, -0.2) is 0 Å². The first-order valence-corrected chi connectivity index (χ1v) is 8.45. The third-order valence-corrected chi connectivity index (χ3v) is 4.56. The van der Waals surface area contributed by atoms with Gasteiger partial charge < -0.3 is 15.0 Å². The fourth-order valence-electron chi connectivity index (χ4n) is 3.30. The molecule has 0 spiro atoms. The van der Waals surface area contributed by atoms with Crippen LogP contribution >= 0.6 is 0 Å². The molecule has 2 N–H and O–H groups in total. The fraction of sp³-hybridized carbons (Fsp3) is 0.136. The van der Waals surface area contributed by atoms with E-state index >= 15 is 0 Å². The second-order valence-corrected chi connectivity index (χ2v) is 6.16. The number of benzene rings is 1. The maximum Gasteiger partial charge on any atom is 0.252 e. The van der Waals surface area contributed by atoms with E-state index in [2.05, 4.69) is 22.1 Å². The van der Waals surface area contributed by atoms with Crippen molar-refractivity contribution in [1.29, 1.82) is 0 Å². The Hall–Kier alpha value is -3.45. The van der Waals surface area contributed by atoms with E-state index in [1.807, 2.05) is 60.7 Å². The van der Waals surface area contributed by atoms with Crippen molar-refractivity contribution in [3.05, 3.63) is 83.4 Å². The van der Waals surface area contributed by atoms with Crippen molar-refractivity contribution < 1.29 is 9.53 Å². The zero-order chi connectivity index (χ0) is 17.9. The number of allylic oxidation sites excluding steroid dienone is 4. The molecule has 0 radical (unpaired) electrons. The van der Waals surface area contributed by atoms with Gasteiger partial charge in [0, 0.05) is 28.9 Å². The summed E-state index contributed by atoms with van der Waals surface area (Å²) in [5.41, 5.74) is 3.32. The van der Waals surface area contributed by atoms with Gasteiger partial charge in [0.2, 0.25) is 0 Å². The fourth-order valence-corrected chi connectivity index (χ4v) is 3.30. The third kappa shape index (κ3) is 2.96. The summed E-state index contributed by atoms with van der Waals surface area (Å²) in [6.45, 7) is 0. The van der Waals surface area contributed by atoms with E-state index in [4.69, 9.17) is 4.74 Å². The number of methoxy groups -OCH3 is 1. The largest absolute Gasteiger partial charge is 0.495 e. The molecule has 0 bridgehead atoms. The van der Waals surface area contributed by atoms with E-state index in [0.29, 0.717) is 11.3 Å². The van der Waals surface area contributed by atoms with Crippen LogP contribution in [0, 0.1) is 23.7 Å². The number of hydrogen-bond donors (Lipinski definition) is 2. The Morgan fingerprint density at radius 1 is 1.19 bits per heavy atom. The van der Waals surface area contributed by atoms with E-state index in [1.165, 1.54) is 0 Å². The number of amides is 1. The number of aromatic nitrogens is 1. The Kier molecular flexibility index (Phi) is 4.20. The second kappa shape index (κ2) is 6.81. The lowest BCUT2D eigenvalue weighted by molar-refractivity contribution is -0.115. The Labute approximate surface area is 152 Å². The van der Waals surface area contributed by atoms with Crippen LogP contribution in [0.25, 0.3) is 6.08 Å². The molecule has 4 heteroatoms. The first kappa shape index (κ1) is 16.0. The monoisotopic (exact) mass is 342 g/mol. The molecule has 2 aromatic rings. The number of ether oxygens (including phenoxy) is 1. The highest BCUT2D eigenvalue weighted by Gasteiger charge is 2.38. The van der Waals surface area contributed by atoms with Gasteiger partial charge in [0.25, 0.3) is 5.91 Å². The van der Waals surface area contributed by atoms with Gasteiger partial charge in [0.15, 0.2) is 0 Å². The predicted octanol–water partition coefficient (Wildman–Crippen LogP) is 3.27. The van der Waals surface area contributed by atoms with Crippen LogP contribution in [0.2, 0.25) is 0 Å². The Balaban J connectivity index is 1.70. The maximum absolute atomic E-state index is 12.5. The Bertz CT molecular complexity index is 984. The molecule has 2 heterocycles. The zero-order valence-electron chi connectivity index (χ0n) is 14.3. The summed E-state index contributed by atoms with van der Waals surface area (Å²) in [7, 11) is 1.61. The summed E-state index contributed by atoms with van der Waals surface area (Å²) in [5.74, 6) is 6.98. The molecule has 1 aliphatic heterocycles. The van der Waals surface area contributed by atoms with Gasteiger partial charge in [-0.2, -0.15) is 0 Å². The second-order valence-electron chi connectivity index (χ2n) is 6.16. The summed E-state index contributed by atoms with van der Waals surface area (Å²) in [6.07, 6.45) is 9.59. The lowest BCUT2D eigenvalue weighted by atomic mass is 9.82. The first-order chi connectivity index (χ1) is 12.8. The highest BCUT2D eigenvalue weighted by atomic mass is 16.5. The van der Waals surface area contributed by atoms with Crippen LogP contribution in [0.3, 0.4) is 0 Å². The average molecular weight is 342 g/mol. The number of carbonyl (C=O) groups excluding carboxylic acids is 1. The van der Waals surface area contributed by atoms with Crippen LogP contribution in [0.5, 0.6) is 5.75 Å². The van der Waals surface area contributed by atoms with Gasteiger partial charge >= 0.3 is 0 Å². The van der Waals surface area contributed by atoms with Gasteiger partial charge in [-0.3, -0.25) is 4.79 Å². The average Bonchev–Trinajstić information content (AvgIpc) is 3.25. The molecule has 0 saturated carbocycles. The molecule has 2 unspecified atom stereocenters. The molecule has 1 amide bonds. The van der Waals surface area contributed by atoms with Gasteiger partial charge in [0.1, 0.15) is 5.75 Å². The van der Waals surface area contributed by atoms with Crippen molar-refractivity contribution >= 4 is 12.0 Å². The van der Waals surface area contributed by atoms with E-state index in [0.717, 1.165) is 17.0 Å². The van der Waals surface area contributed by atoms with Gasteiger partial charge in [-0.15, -0.1) is 0 Å². The minimum Gasteiger partial charge on any atom is -0.495 e. The molecule has 26 heavy (non-hydrogen) atoms. The molecule has 1 aromatic carbocycles. The van der Waals surface area contributed by atoms with Crippen molar-refractivity contribution in [2.24, 2.45) is 11.8 Å². The summed E-state index contributed by atoms with van der Waals surface area (Å²) < 4.78 is 5.33. The zero-order valence-corrected chi connectivity index (χ0v) is 14.3. The van der Waals surface area contributed by atoms with Gasteiger partial charge in [-0.05, 0) is 30.4 Å². The molecule has 2 aliphatic rings. The quantitative estimate of drug-likeness (QED) is 0.650. The smallest absolute Gasteiger partial charge is 0.252 e. The molecular formula is C22H18N2O2. The van der Waals surface area contributed by atoms with Crippen LogP contribution in [-0.2, 0) is 4.79 Å². The van der Waals surface area contributed by atoms with E-state index in [-0.39, 0.29) is 17.7 Å². The highest BCUT2D eigenvalue weighted by Crippen LogP contribution is 2.37. The normalized spacial score (nSPS) is 22.3. The van der Waals surface area contributed by atoms with Crippen molar-refractivity contribution in [2.75, 3.05) is 7.11 Å². The van der Waals surface area contributed by atoms with E-state index in [1.54, 1.807) is 13.3 Å². The number of nitrogens with one attached hydrogen (secondary N) is 2. The molecule has 1 aromatic heterocycles. The molecule has 1 aliphatic carbocycles. The molecule has 4 rings (SSSR count). The lowest BCUT2D eigenvalue weighted by Gasteiger charge is -2.19. The summed E-state index contributed by atoms with van der Waals surface area (Å²) in [4.78, 5) is 15.7. The van der Waals surface area contributed by atoms with Crippen molar-refractivity contribution in [3.8, 4) is 17.6 Å². The standard InChI is InChI=1S/C22H18N2O2/c1-26-20-12-13-23-19(20)14-17-21-16(8-5-9-18(21)24-22(17)25)11-10-15-6-3-2-4-7-15/h2-9,12-14,16,21,23H,1H3,(H,24,25). The van der Waals surface area contributed by atoms with Crippen LogP contribution < -0.4 is 10.1 Å². The summed E-state index contributed by atoms with van der Waals surface area (Å²) in [5, 5.41) is 2.96. The van der Waals surface area contributed by atoms with Gasteiger partial charge in [-0.1, -0.05) is 42.2 Å². The number of fused-ring (bicyclic) bond motifs is 1. The molecule has 2 atom stereocenters. The molecule has 1 fully saturated rings. The van der Waals surface area contributed by atoms with Gasteiger partial charge in [0.05, 0.1) is 18.7 Å². The van der Waals surface area contributed by atoms with E-state index < -0.39 is 0 Å². The van der Waals surface area contributed by atoms with Crippen LogP contribution in [0.1, 0.15) is 11.3 Å². The summed E-state index contributed by atoms with van der Waals surface area (Å²) >= 11 is 0. The summed E-state index contributed by atoms with van der Waals surface area (Å²) in [6, 6.07) is 11.7. The van der Waals surface area contributed by atoms with Crippen molar-refractivity contribution in [1.82, 2.24) is 10.3 Å². The minimum absolute atomic E-state index is 0.0682. The maximum atomic E-state index is 12.5. The highest BCUT2D eigenvalue weighted by molar-refractivity contribution is 6.03. The number of aromatic amines is 1. The molecule has 4 nitrogen and oxygen atoms in total. The SMILES string of the molecule is COc1cc[nH]c1C=C1C(=O)NC2=CC=CC(C#Cc3ccccc3)C21. The Morgan fingerprint density at radius 3 is 2.85 bits per heavy atom. The molecule has 1 saturated heterocycles. The predicted molar refractivity (Wildman–Crippen MR) is 101 cm³/mol. The molecular weight excluding hydrogens is 324 g/mol. The lowest BCUT2D eigenvalue weighted by Crippen LogP contribution is -2.16. The van der Waals surface area contributed by atoms with E-state index in [9.17, 15) is 4.79 Å². The molecule has 128 valence electrons. The van der Waals surface area contributed by atoms with Crippen LogP contribution in [-0.4, -0.2) is 18.0 Å². The first-order valence-electron chi connectivity index (χ1n) is 8.45.